The number of halogens is 2. The summed E-state index contributed by atoms with van der Waals surface area (Å²) in [6, 6.07) is 4.98. The Kier molecular flexibility index (Phi) is 3.68. The van der Waals surface area contributed by atoms with Crippen molar-refractivity contribution >= 4 is 22.6 Å². The molecule has 0 bridgehead atoms. The van der Waals surface area contributed by atoms with Crippen molar-refractivity contribution in [3.8, 4) is 0 Å². The molecule has 0 spiro atoms. The maximum absolute atomic E-state index is 13.9. The molecule has 0 N–H and O–H groups in total. The van der Waals surface area contributed by atoms with Crippen LogP contribution in [0.4, 0.5) is 4.39 Å². The second kappa shape index (κ2) is 5.48. The number of fused-ring (bicyclic) bond motifs is 1. The minimum Gasteiger partial charge on any atom is -0.338 e. The molecule has 0 aliphatic rings. The van der Waals surface area contributed by atoms with Crippen molar-refractivity contribution in [2.45, 2.75) is 25.3 Å². The number of para-hydroxylation sites is 1. The largest absolute Gasteiger partial charge is 0.338 e. The Morgan fingerprint density at radius 3 is 2.86 bits per heavy atom. The van der Waals surface area contributed by atoms with Crippen LogP contribution in [0, 0.1) is 5.82 Å². The molecule has 21 heavy (non-hydrogen) atoms. The summed E-state index contributed by atoms with van der Waals surface area (Å²) in [5, 5.41) is -0.279. The maximum atomic E-state index is 13.9. The summed E-state index contributed by atoms with van der Waals surface area (Å²) < 4.78 is 17.8. The van der Waals surface area contributed by atoms with Crippen molar-refractivity contribution in [3.05, 3.63) is 48.1 Å². The van der Waals surface area contributed by atoms with Gasteiger partial charge >= 0.3 is 0 Å². The highest BCUT2D eigenvalue weighted by atomic mass is 35.5. The van der Waals surface area contributed by atoms with E-state index in [0.717, 1.165) is 17.8 Å². The van der Waals surface area contributed by atoms with E-state index in [9.17, 15) is 4.39 Å². The summed E-state index contributed by atoms with van der Waals surface area (Å²) in [5.74, 6) is 1.34. The number of hydrogen-bond acceptors (Lipinski definition) is 2. The first-order valence-corrected chi connectivity index (χ1v) is 7.26. The van der Waals surface area contributed by atoms with E-state index in [1.54, 1.807) is 12.3 Å². The first-order chi connectivity index (χ1) is 10.1. The average Bonchev–Trinajstić information content (AvgIpc) is 3.01. The van der Waals surface area contributed by atoms with Gasteiger partial charge in [-0.25, -0.2) is 14.4 Å². The van der Waals surface area contributed by atoms with Crippen LogP contribution in [0.1, 0.15) is 23.9 Å². The normalized spacial score (nSPS) is 13.0. The molecular weight excluding hydrogens is 291 g/mol. The lowest BCUT2D eigenvalue weighted by Gasteiger charge is -2.10. The summed E-state index contributed by atoms with van der Waals surface area (Å²) in [4.78, 5) is 8.67. The molecule has 3 aromatic rings. The number of aryl methyl sites for hydroxylation is 3. The first kappa shape index (κ1) is 14.1. The summed E-state index contributed by atoms with van der Waals surface area (Å²) in [7, 11) is 1.96. The van der Waals surface area contributed by atoms with Crippen LogP contribution >= 0.6 is 11.6 Å². The molecule has 0 radical (unpaired) electrons. The van der Waals surface area contributed by atoms with Gasteiger partial charge in [0, 0.05) is 32.4 Å². The quantitative estimate of drug-likeness (QED) is 0.692. The van der Waals surface area contributed by atoms with Crippen LogP contribution in [-0.4, -0.2) is 19.1 Å². The Labute approximate surface area is 127 Å². The van der Waals surface area contributed by atoms with E-state index in [2.05, 4.69) is 9.97 Å². The fourth-order valence-corrected chi connectivity index (χ4v) is 2.69. The molecular formula is C15H16ClFN4. The molecule has 0 aliphatic heterocycles. The SMILES string of the molecule is CC(Cl)c1nc2c(F)cccc2n1CCc1nccn1C. The molecule has 0 amide bonds. The van der Waals surface area contributed by atoms with Crippen LogP contribution in [0.25, 0.3) is 11.0 Å². The lowest BCUT2D eigenvalue weighted by molar-refractivity contribution is 0.634. The first-order valence-electron chi connectivity index (χ1n) is 6.83. The fourth-order valence-electron chi connectivity index (χ4n) is 2.52. The molecule has 1 aromatic carbocycles. The predicted octanol–water partition coefficient (Wildman–Crippen LogP) is 3.45. The number of nitrogens with zero attached hydrogens (tertiary/aromatic N) is 4. The molecule has 1 unspecified atom stereocenters. The number of hydrogen-bond donors (Lipinski definition) is 0. The fraction of sp³-hybridized carbons (Fsp3) is 0.333. The lowest BCUT2D eigenvalue weighted by atomic mass is 10.3. The van der Waals surface area contributed by atoms with Crippen molar-refractivity contribution in [2.24, 2.45) is 7.05 Å². The molecule has 3 rings (SSSR count). The topological polar surface area (TPSA) is 35.6 Å². The van der Waals surface area contributed by atoms with Gasteiger partial charge in [0.1, 0.15) is 17.2 Å². The molecule has 0 aliphatic carbocycles. The van der Waals surface area contributed by atoms with E-state index >= 15 is 0 Å². The van der Waals surface area contributed by atoms with E-state index in [0.29, 0.717) is 17.9 Å². The van der Waals surface area contributed by atoms with Gasteiger partial charge in [-0.05, 0) is 19.1 Å². The number of imidazole rings is 2. The van der Waals surface area contributed by atoms with Crippen LogP contribution in [0.3, 0.4) is 0 Å². The van der Waals surface area contributed by atoms with Gasteiger partial charge in [-0.3, -0.25) is 0 Å². The predicted molar refractivity (Wildman–Crippen MR) is 80.9 cm³/mol. The zero-order valence-electron chi connectivity index (χ0n) is 11.9. The third-order valence-corrected chi connectivity index (χ3v) is 3.79. The van der Waals surface area contributed by atoms with Gasteiger partial charge in [0.15, 0.2) is 5.82 Å². The number of benzene rings is 1. The molecule has 1 atom stereocenters. The second-order valence-electron chi connectivity index (χ2n) is 5.05. The monoisotopic (exact) mass is 306 g/mol. The highest BCUT2D eigenvalue weighted by Gasteiger charge is 2.17. The molecule has 0 saturated heterocycles. The number of aromatic nitrogens is 4. The second-order valence-corrected chi connectivity index (χ2v) is 5.70. The van der Waals surface area contributed by atoms with Crippen LogP contribution in [0.5, 0.6) is 0 Å². The van der Waals surface area contributed by atoms with E-state index < -0.39 is 0 Å². The molecule has 2 heterocycles. The zero-order chi connectivity index (χ0) is 15.0. The van der Waals surface area contributed by atoms with Crippen molar-refractivity contribution in [3.63, 3.8) is 0 Å². The van der Waals surface area contributed by atoms with Gasteiger partial charge in [-0.1, -0.05) is 6.07 Å². The van der Waals surface area contributed by atoms with E-state index in [4.69, 9.17) is 11.6 Å². The molecule has 4 nitrogen and oxygen atoms in total. The van der Waals surface area contributed by atoms with E-state index in [1.807, 2.05) is 35.4 Å². The van der Waals surface area contributed by atoms with Crippen LogP contribution in [0.15, 0.2) is 30.6 Å². The van der Waals surface area contributed by atoms with E-state index in [1.165, 1.54) is 6.07 Å². The third-order valence-electron chi connectivity index (χ3n) is 3.59. The van der Waals surface area contributed by atoms with Crippen LogP contribution in [0.2, 0.25) is 0 Å². The summed E-state index contributed by atoms with van der Waals surface area (Å²) in [6.07, 6.45) is 4.42. The Bertz CT molecular complexity index is 775. The number of alkyl halides is 1. The highest BCUT2D eigenvalue weighted by molar-refractivity contribution is 6.20. The van der Waals surface area contributed by atoms with Gasteiger partial charge in [0.2, 0.25) is 0 Å². The summed E-state index contributed by atoms with van der Waals surface area (Å²) in [6.45, 7) is 2.51. The minimum absolute atomic E-state index is 0.279. The van der Waals surface area contributed by atoms with Crippen molar-refractivity contribution in [1.82, 2.24) is 19.1 Å². The standard InChI is InChI=1S/C15H16ClFN4/c1-10(16)15-19-14-11(17)4-3-5-12(14)21(15)8-6-13-18-7-9-20(13)2/h3-5,7,9-10H,6,8H2,1-2H3. The van der Waals surface area contributed by atoms with Gasteiger partial charge in [-0.15, -0.1) is 11.6 Å². The Morgan fingerprint density at radius 1 is 1.38 bits per heavy atom. The van der Waals surface area contributed by atoms with Crippen molar-refractivity contribution < 1.29 is 4.39 Å². The van der Waals surface area contributed by atoms with Crippen LogP contribution in [-0.2, 0) is 20.0 Å². The molecule has 2 aromatic heterocycles. The van der Waals surface area contributed by atoms with Gasteiger partial charge in [0.25, 0.3) is 0 Å². The Morgan fingerprint density at radius 2 is 2.19 bits per heavy atom. The Balaban J connectivity index is 2.01. The van der Waals surface area contributed by atoms with Gasteiger partial charge in [0.05, 0.1) is 10.9 Å². The lowest BCUT2D eigenvalue weighted by Crippen LogP contribution is -2.09. The zero-order valence-corrected chi connectivity index (χ0v) is 12.7. The van der Waals surface area contributed by atoms with Gasteiger partial charge in [-0.2, -0.15) is 0 Å². The van der Waals surface area contributed by atoms with Gasteiger partial charge < -0.3 is 9.13 Å². The summed E-state index contributed by atoms with van der Waals surface area (Å²) in [5.41, 5.74) is 1.14. The van der Waals surface area contributed by atoms with Crippen molar-refractivity contribution in [2.75, 3.05) is 0 Å². The molecule has 0 fully saturated rings. The molecule has 6 heteroatoms. The minimum atomic E-state index is -0.318. The maximum Gasteiger partial charge on any atom is 0.151 e. The third kappa shape index (κ3) is 2.53. The summed E-state index contributed by atoms with van der Waals surface area (Å²) >= 11 is 6.20. The van der Waals surface area contributed by atoms with Crippen molar-refractivity contribution in [1.29, 1.82) is 0 Å². The smallest absolute Gasteiger partial charge is 0.151 e. The van der Waals surface area contributed by atoms with Crippen LogP contribution < -0.4 is 0 Å². The Hall–Kier alpha value is -1.88. The molecule has 110 valence electrons. The molecule has 0 saturated carbocycles. The highest BCUT2D eigenvalue weighted by Crippen LogP contribution is 2.26. The van der Waals surface area contributed by atoms with E-state index in [-0.39, 0.29) is 11.2 Å². The number of rotatable bonds is 4. The average molecular weight is 307 g/mol.